The lowest BCUT2D eigenvalue weighted by Crippen LogP contribution is -2.29. The molecule has 0 radical (unpaired) electrons. The SMILES string of the molecule is Cc1ccc(OCC(=O)Nc2cccc(N3C(=O)c4ccccc4C3=O)c2)c(C)c1. The fourth-order valence-electron chi connectivity index (χ4n) is 3.45. The monoisotopic (exact) mass is 400 g/mol. The molecule has 1 aliphatic rings. The van der Waals surface area contributed by atoms with E-state index in [2.05, 4.69) is 5.32 Å². The minimum Gasteiger partial charge on any atom is -0.483 e. The second kappa shape index (κ2) is 7.83. The summed E-state index contributed by atoms with van der Waals surface area (Å²) in [4.78, 5) is 38.7. The van der Waals surface area contributed by atoms with Gasteiger partial charge in [-0.15, -0.1) is 0 Å². The normalized spacial score (nSPS) is 12.7. The Labute approximate surface area is 174 Å². The van der Waals surface area contributed by atoms with Gasteiger partial charge in [-0.25, -0.2) is 4.90 Å². The third kappa shape index (κ3) is 3.67. The molecule has 4 rings (SSSR count). The van der Waals surface area contributed by atoms with E-state index in [1.54, 1.807) is 48.5 Å². The maximum absolute atomic E-state index is 12.7. The maximum atomic E-state index is 12.7. The number of carbonyl (C=O) groups is 3. The molecule has 3 amide bonds. The zero-order valence-electron chi connectivity index (χ0n) is 16.6. The minimum atomic E-state index is -0.378. The molecule has 30 heavy (non-hydrogen) atoms. The van der Waals surface area contributed by atoms with Gasteiger partial charge in [-0.05, 0) is 55.8 Å². The number of fused-ring (bicyclic) bond motifs is 1. The number of carbonyl (C=O) groups excluding carboxylic acids is 3. The molecule has 3 aromatic carbocycles. The van der Waals surface area contributed by atoms with Crippen molar-refractivity contribution in [1.82, 2.24) is 0 Å². The Kier molecular flexibility index (Phi) is 5.06. The number of imide groups is 1. The van der Waals surface area contributed by atoms with Crippen LogP contribution in [0.2, 0.25) is 0 Å². The molecule has 0 saturated carbocycles. The lowest BCUT2D eigenvalue weighted by Gasteiger charge is -2.15. The van der Waals surface area contributed by atoms with Crippen LogP contribution in [0.15, 0.2) is 66.7 Å². The van der Waals surface area contributed by atoms with Crippen molar-refractivity contribution in [3.8, 4) is 5.75 Å². The first-order valence-corrected chi connectivity index (χ1v) is 9.52. The quantitative estimate of drug-likeness (QED) is 0.654. The van der Waals surface area contributed by atoms with Gasteiger partial charge in [0.1, 0.15) is 5.75 Å². The number of aryl methyl sites for hydroxylation is 2. The number of nitrogens with one attached hydrogen (secondary N) is 1. The summed E-state index contributed by atoms with van der Waals surface area (Å²) >= 11 is 0. The Morgan fingerprint density at radius 2 is 1.60 bits per heavy atom. The van der Waals surface area contributed by atoms with Crippen molar-refractivity contribution in [2.75, 3.05) is 16.8 Å². The molecule has 1 heterocycles. The van der Waals surface area contributed by atoms with Gasteiger partial charge in [0.15, 0.2) is 6.61 Å². The van der Waals surface area contributed by atoms with Gasteiger partial charge < -0.3 is 10.1 Å². The smallest absolute Gasteiger partial charge is 0.266 e. The number of hydrogen-bond donors (Lipinski definition) is 1. The number of nitrogens with zero attached hydrogens (tertiary/aromatic N) is 1. The summed E-state index contributed by atoms with van der Waals surface area (Å²) < 4.78 is 5.60. The molecule has 0 fully saturated rings. The van der Waals surface area contributed by atoms with Crippen LogP contribution in [0.4, 0.5) is 11.4 Å². The van der Waals surface area contributed by atoms with Crippen LogP contribution >= 0.6 is 0 Å². The number of rotatable bonds is 5. The van der Waals surface area contributed by atoms with E-state index in [1.165, 1.54) is 0 Å². The first-order valence-electron chi connectivity index (χ1n) is 9.52. The second-order valence-electron chi connectivity index (χ2n) is 7.15. The summed E-state index contributed by atoms with van der Waals surface area (Å²) in [7, 11) is 0. The molecule has 0 unspecified atom stereocenters. The van der Waals surface area contributed by atoms with Crippen molar-refractivity contribution in [3.05, 3.63) is 89.0 Å². The van der Waals surface area contributed by atoms with E-state index < -0.39 is 0 Å². The fourth-order valence-corrected chi connectivity index (χ4v) is 3.45. The van der Waals surface area contributed by atoms with Crippen LogP contribution in [-0.4, -0.2) is 24.3 Å². The Balaban J connectivity index is 1.46. The van der Waals surface area contributed by atoms with Crippen LogP contribution < -0.4 is 15.0 Å². The lowest BCUT2D eigenvalue weighted by atomic mass is 10.1. The zero-order valence-corrected chi connectivity index (χ0v) is 16.6. The third-order valence-corrected chi connectivity index (χ3v) is 4.87. The summed E-state index contributed by atoms with van der Waals surface area (Å²) in [5, 5.41) is 2.74. The molecule has 0 bridgehead atoms. The van der Waals surface area contributed by atoms with Crippen molar-refractivity contribution in [2.45, 2.75) is 13.8 Å². The molecule has 0 atom stereocenters. The van der Waals surface area contributed by atoms with Crippen LogP contribution in [0.3, 0.4) is 0 Å². The molecule has 0 saturated heterocycles. The van der Waals surface area contributed by atoms with E-state index in [4.69, 9.17) is 4.74 Å². The van der Waals surface area contributed by atoms with Gasteiger partial charge in [0.25, 0.3) is 17.7 Å². The van der Waals surface area contributed by atoms with Gasteiger partial charge in [-0.2, -0.15) is 0 Å². The van der Waals surface area contributed by atoms with E-state index in [9.17, 15) is 14.4 Å². The van der Waals surface area contributed by atoms with E-state index in [0.29, 0.717) is 28.3 Å². The number of ether oxygens (including phenoxy) is 1. The average molecular weight is 400 g/mol. The zero-order chi connectivity index (χ0) is 21.3. The molecule has 6 nitrogen and oxygen atoms in total. The summed E-state index contributed by atoms with van der Waals surface area (Å²) in [6, 6.07) is 19.1. The van der Waals surface area contributed by atoms with Crippen LogP contribution in [0.5, 0.6) is 5.75 Å². The lowest BCUT2D eigenvalue weighted by molar-refractivity contribution is -0.118. The van der Waals surface area contributed by atoms with Gasteiger partial charge in [0, 0.05) is 5.69 Å². The molecule has 1 aliphatic heterocycles. The Morgan fingerprint density at radius 1 is 0.900 bits per heavy atom. The minimum absolute atomic E-state index is 0.152. The first-order chi connectivity index (χ1) is 14.4. The molecule has 3 aromatic rings. The molecule has 1 N–H and O–H groups in total. The highest BCUT2D eigenvalue weighted by molar-refractivity contribution is 6.34. The van der Waals surface area contributed by atoms with E-state index >= 15 is 0 Å². The van der Waals surface area contributed by atoms with Crippen LogP contribution in [0, 0.1) is 13.8 Å². The van der Waals surface area contributed by atoms with Crippen molar-refractivity contribution >= 4 is 29.1 Å². The average Bonchev–Trinajstić information content (AvgIpc) is 2.98. The number of benzene rings is 3. The predicted octanol–water partition coefficient (Wildman–Crippen LogP) is 4.12. The van der Waals surface area contributed by atoms with Gasteiger partial charge in [-0.3, -0.25) is 14.4 Å². The number of amides is 3. The molecule has 0 aliphatic carbocycles. The Hall–Kier alpha value is -3.93. The fraction of sp³-hybridized carbons (Fsp3) is 0.125. The second-order valence-corrected chi connectivity index (χ2v) is 7.15. The Bertz CT molecular complexity index is 1130. The standard InChI is InChI=1S/C24H20N2O4/c1-15-10-11-21(16(2)12-15)30-14-22(27)25-17-6-5-7-18(13-17)26-23(28)19-8-3-4-9-20(19)24(26)29/h3-13H,14H2,1-2H3,(H,25,27). The predicted molar refractivity (Wildman–Crippen MR) is 114 cm³/mol. The summed E-state index contributed by atoms with van der Waals surface area (Å²) in [5.74, 6) is -0.445. The van der Waals surface area contributed by atoms with Crippen molar-refractivity contribution < 1.29 is 19.1 Å². The highest BCUT2D eigenvalue weighted by atomic mass is 16.5. The number of anilines is 2. The topological polar surface area (TPSA) is 75.7 Å². The third-order valence-electron chi connectivity index (χ3n) is 4.87. The molecule has 6 heteroatoms. The molecule has 0 aromatic heterocycles. The molecule has 0 spiro atoms. The maximum Gasteiger partial charge on any atom is 0.266 e. The van der Waals surface area contributed by atoms with Gasteiger partial charge in [-0.1, -0.05) is 35.9 Å². The van der Waals surface area contributed by atoms with Crippen molar-refractivity contribution in [3.63, 3.8) is 0 Å². The van der Waals surface area contributed by atoms with Gasteiger partial charge in [0.2, 0.25) is 0 Å². The summed E-state index contributed by atoms with van der Waals surface area (Å²) in [6.07, 6.45) is 0. The summed E-state index contributed by atoms with van der Waals surface area (Å²) in [5.41, 5.74) is 3.69. The van der Waals surface area contributed by atoms with Crippen LogP contribution in [-0.2, 0) is 4.79 Å². The van der Waals surface area contributed by atoms with Crippen molar-refractivity contribution in [1.29, 1.82) is 0 Å². The van der Waals surface area contributed by atoms with E-state index in [1.807, 2.05) is 32.0 Å². The highest BCUT2D eigenvalue weighted by Gasteiger charge is 2.36. The van der Waals surface area contributed by atoms with Crippen LogP contribution in [0.25, 0.3) is 0 Å². The van der Waals surface area contributed by atoms with E-state index in [-0.39, 0.29) is 24.3 Å². The van der Waals surface area contributed by atoms with Gasteiger partial charge in [0.05, 0.1) is 16.8 Å². The first kappa shape index (κ1) is 19.4. The highest BCUT2D eigenvalue weighted by Crippen LogP contribution is 2.29. The number of hydrogen-bond acceptors (Lipinski definition) is 4. The summed E-state index contributed by atoms with van der Waals surface area (Å²) in [6.45, 7) is 3.76. The molecular weight excluding hydrogens is 380 g/mol. The van der Waals surface area contributed by atoms with Crippen LogP contribution in [0.1, 0.15) is 31.8 Å². The van der Waals surface area contributed by atoms with E-state index in [0.717, 1.165) is 16.0 Å². The largest absolute Gasteiger partial charge is 0.483 e. The van der Waals surface area contributed by atoms with Gasteiger partial charge >= 0.3 is 0 Å². The molecular formula is C24H20N2O4. The van der Waals surface area contributed by atoms with Crippen molar-refractivity contribution in [2.24, 2.45) is 0 Å². The Morgan fingerprint density at radius 3 is 2.27 bits per heavy atom. The molecule has 150 valence electrons.